The van der Waals surface area contributed by atoms with Gasteiger partial charge in [-0.1, -0.05) is 73.4 Å². The van der Waals surface area contributed by atoms with Crippen LogP contribution in [0, 0.1) is 19.3 Å². The zero-order chi connectivity index (χ0) is 15.0. The van der Waals surface area contributed by atoms with Gasteiger partial charge in [-0.15, -0.1) is 0 Å². The Morgan fingerprint density at radius 2 is 0.895 bits per heavy atom. The van der Waals surface area contributed by atoms with Gasteiger partial charge in [-0.25, -0.2) is 0 Å². The summed E-state index contributed by atoms with van der Waals surface area (Å²) in [5.74, 6) is 0. The molecule has 0 saturated carbocycles. The Bertz CT molecular complexity index is 514. The summed E-state index contributed by atoms with van der Waals surface area (Å²) in [4.78, 5) is 0. The van der Waals surface area contributed by atoms with Crippen molar-refractivity contribution in [2.75, 3.05) is 0 Å². The average Bonchev–Trinajstić information content (AvgIpc) is 2.39. The van der Waals surface area contributed by atoms with Crippen LogP contribution >= 0.6 is 31.9 Å². The second-order valence-corrected chi connectivity index (χ2v) is 9.09. The normalized spacial score (nSPS) is 22.4. The molecule has 0 aromatic heterocycles. The first kappa shape index (κ1) is 15.6. The lowest BCUT2D eigenvalue weighted by Gasteiger charge is -2.44. The fraction of sp³-hybridized carbons (Fsp3) is 0.647. The molecule has 0 amide bonds. The van der Waals surface area contributed by atoms with E-state index < -0.39 is 0 Å². The Kier molecular flexibility index (Phi) is 3.36. The van der Waals surface area contributed by atoms with E-state index in [4.69, 9.17) is 0 Å². The maximum absolute atomic E-state index is 3.87. The predicted molar refractivity (Wildman–Crippen MR) is 91.1 cm³/mol. The van der Waals surface area contributed by atoms with Crippen molar-refractivity contribution in [1.29, 1.82) is 0 Å². The Balaban J connectivity index is 3.02. The van der Waals surface area contributed by atoms with E-state index in [1.165, 1.54) is 31.2 Å². The van der Waals surface area contributed by atoms with Gasteiger partial charge in [-0.05, 0) is 52.3 Å². The van der Waals surface area contributed by atoms with Crippen LogP contribution in [-0.2, 0) is 10.8 Å². The smallest absolute Gasteiger partial charge is 0.0248 e. The van der Waals surface area contributed by atoms with Crippen LogP contribution in [0.4, 0.5) is 0 Å². The molecule has 0 N–H and O–H groups in total. The molecule has 2 heteroatoms. The quantitative estimate of drug-likeness (QED) is 0.481. The standard InChI is InChI=1S/C17H24Br2/c1-9-10(2)14(19)12-11(13(9)18)15(3,4)17(7,8)16(12,5)6/h1-8H3. The molecule has 0 saturated heterocycles. The minimum Gasteiger partial charge on any atom is -0.0582 e. The van der Waals surface area contributed by atoms with Crippen LogP contribution in [0.5, 0.6) is 0 Å². The van der Waals surface area contributed by atoms with Gasteiger partial charge in [0.15, 0.2) is 0 Å². The molecule has 0 fully saturated rings. The van der Waals surface area contributed by atoms with Crippen LogP contribution < -0.4 is 0 Å². The van der Waals surface area contributed by atoms with E-state index >= 15 is 0 Å². The van der Waals surface area contributed by atoms with Crippen molar-refractivity contribution in [2.24, 2.45) is 5.41 Å². The summed E-state index contributed by atoms with van der Waals surface area (Å²) in [5, 5.41) is 0. The van der Waals surface area contributed by atoms with E-state index in [9.17, 15) is 0 Å². The lowest BCUT2D eigenvalue weighted by molar-refractivity contribution is 0.124. The third-order valence-corrected chi connectivity index (χ3v) is 8.27. The Labute approximate surface area is 134 Å². The van der Waals surface area contributed by atoms with Crippen LogP contribution in [0.2, 0.25) is 0 Å². The minimum atomic E-state index is 0.144. The van der Waals surface area contributed by atoms with Gasteiger partial charge in [-0.3, -0.25) is 0 Å². The summed E-state index contributed by atoms with van der Waals surface area (Å²) in [6.45, 7) is 18.7. The lowest BCUT2D eigenvalue weighted by Crippen LogP contribution is -2.42. The van der Waals surface area contributed by atoms with Gasteiger partial charge in [0.2, 0.25) is 0 Å². The van der Waals surface area contributed by atoms with Gasteiger partial charge in [0.25, 0.3) is 0 Å². The van der Waals surface area contributed by atoms with Crippen LogP contribution in [0.25, 0.3) is 0 Å². The largest absolute Gasteiger partial charge is 0.0582 e. The Morgan fingerprint density at radius 3 is 1.16 bits per heavy atom. The second kappa shape index (κ2) is 4.10. The highest BCUT2D eigenvalue weighted by atomic mass is 79.9. The topological polar surface area (TPSA) is 0 Å². The van der Waals surface area contributed by atoms with Gasteiger partial charge in [0.1, 0.15) is 0 Å². The fourth-order valence-corrected chi connectivity index (χ4v) is 5.49. The van der Waals surface area contributed by atoms with Gasteiger partial charge >= 0.3 is 0 Å². The van der Waals surface area contributed by atoms with E-state index in [-0.39, 0.29) is 16.2 Å². The molecule has 0 nitrogen and oxygen atoms in total. The van der Waals surface area contributed by atoms with E-state index in [1.54, 1.807) is 0 Å². The summed E-state index contributed by atoms with van der Waals surface area (Å²) in [6, 6.07) is 0. The third-order valence-electron chi connectivity index (χ3n) is 6.28. The third kappa shape index (κ3) is 1.62. The Morgan fingerprint density at radius 1 is 0.632 bits per heavy atom. The predicted octanol–water partition coefficient (Wildman–Crippen LogP) is 6.42. The minimum absolute atomic E-state index is 0.144. The van der Waals surface area contributed by atoms with E-state index in [0.29, 0.717) is 0 Å². The highest BCUT2D eigenvalue weighted by Gasteiger charge is 2.58. The second-order valence-electron chi connectivity index (χ2n) is 7.50. The van der Waals surface area contributed by atoms with Crippen molar-refractivity contribution < 1.29 is 0 Å². The fourth-order valence-electron chi connectivity index (χ4n) is 3.50. The zero-order valence-electron chi connectivity index (χ0n) is 13.3. The van der Waals surface area contributed by atoms with Crippen molar-refractivity contribution in [3.8, 4) is 0 Å². The van der Waals surface area contributed by atoms with E-state index in [2.05, 4.69) is 87.2 Å². The maximum Gasteiger partial charge on any atom is 0.0248 e. The number of hydrogen-bond acceptors (Lipinski definition) is 0. The Hall–Kier alpha value is 0.180. The molecule has 106 valence electrons. The molecule has 1 aromatic carbocycles. The first-order valence-electron chi connectivity index (χ1n) is 6.88. The monoisotopic (exact) mass is 386 g/mol. The van der Waals surface area contributed by atoms with Crippen LogP contribution in [0.3, 0.4) is 0 Å². The number of halogens is 2. The van der Waals surface area contributed by atoms with Gasteiger partial charge in [0, 0.05) is 8.95 Å². The summed E-state index contributed by atoms with van der Waals surface area (Å²) < 4.78 is 2.60. The maximum atomic E-state index is 3.87. The SMILES string of the molecule is Cc1c(C)c(Br)c2c(c1Br)C(C)(C)C(C)(C)C2(C)C. The molecule has 0 unspecified atom stereocenters. The average molecular weight is 388 g/mol. The molecule has 1 aromatic rings. The molecule has 0 atom stereocenters. The van der Waals surface area contributed by atoms with Crippen LogP contribution in [0.15, 0.2) is 8.95 Å². The summed E-state index contributed by atoms with van der Waals surface area (Å²) in [6.07, 6.45) is 0. The van der Waals surface area contributed by atoms with Crippen molar-refractivity contribution in [1.82, 2.24) is 0 Å². The van der Waals surface area contributed by atoms with E-state index in [0.717, 1.165) is 0 Å². The highest BCUT2D eigenvalue weighted by molar-refractivity contribution is 9.11. The molecule has 1 aliphatic carbocycles. The molecular formula is C17H24Br2. The molecule has 0 aliphatic heterocycles. The molecular weight excluding hydrogens is 364 g/mol. The first-order valence-corrected chi connectivity index (χ1v) is 8.46. The molecule has 2 rings (SSSR count). The lowest BCUT2D eigenvalue weighted by atomic mass is 9.59. The number of benzene rings is 1. The summed E-state index contributed by atoms with van der Waals surface area (Å²) in [5.41, 5.74) is 6.17. The molecule has 0 spiro atoms. The van der Waals surface area contributed by atoms with Crippen molar-refractivity contribution in [2.45, 2.75) is 66.2 Å². The van der Waals surface area contributed by atoms with Gasteiger partial charge < -0.3 is 0 Å². The molecule has 0 heterocycles. The van der Waals surface area contributed by atoms with Gasteiger partial charge in [0.05, 0.1) is 0 Å². The van der Waals surface area contributed by atoms with Crippen molar-refractivity contribution in [3.05, 3.63) is 31.2 Å². The first-order chi connectivity index (χ1) is 8.39. The zero-order valence-corrected chi connectivity index (χ0v) is 16.4. The van der Waals surface area contributed by atoms with Crippen LogP contribution in [-0.4, -0.2) is 0 Å². The van der Waals surface area contributed by atoms with Crippen LogP contribution in [0.1, 0.15) is 63.8 Å². The molecule has 19 heavy (non-hydrogen) atoms. The number of hydrogen-bond donors (Lipinski definition) is 0. The molecule has 0 bridgehead atoms. The summed E-state index contributed by atoms with van der Waals surface area (Å²) >= 11 is 7.75. The van der Waals surface area contributed by atoms with Crippen molar-refractivity contribution >= 4 is 31.9 Å². The molecule has 0 radical (unpaired) electrons. The summed E-state index contributed by atoms with van der Waals surface area (Å²) in [7, 11) is 0. The van der Waals surface area contributed by atoms with E-state index in [1.807, 2.05) is 0 Å². The van der Waals surface area contributed by atoms with Gasteiger partial charge in [-0.2, -0.15) is 0 Å². The van der Waals surface area contributed by atoms with Crippen molar-refractivity contribution in [3.63, 3.8) is 0 Å². The molecule has 1 aliphatic rings. The number of fused-ring (bicyclic) bond motifs is 1. The number of rotatable bonds is 0. The highest BCUT2D eigenvalue weighted by Crippen LogP contribution is 2.65.